The minimum absolute atomic E-state index is 0.0380. The van der Waals surface area contributed by atoms with E-state index < -0.39 is 10.0 Å². The number of ether oxygens (including phenoxy) is 1. The molecule has 212 valence electrons. The molecule has 40 heavy (non-hydrogen) atoms. The second kappa shape index (κ2) is 12.3. The Labute approximate surface area is 243 Å². The monoisotopic (exact) mass is 602 g/mol. The van der Waals surface area contributed by atoms with Crippen LogP contribution < -0.4 is 0 Å². The summed E-state index contributed by atoms with van der Waals surface area (Å²) in [4.78, 5) is 33.1. The van der Waals surface area contributed by atoms with Crippen LogP contribution in [0.3, 0.4) is 0 Å². The van der Waals surface area contributed by atoms with Gasteiger partial charge in [0.2, 0.25) is 5.91 Å². The number of amides is 1. The summed E-state index contributed by atoms with van der Waals surface area (Å²) in [6.45, 7) is 4.51. The summed E-state index contributed by atoms with van der Waals surface area (Å²) in [6.07, 6.45) is 3.32. The normalized spacial score (nSPS) is 17.7. The molecule has 0 saturated carbocycles. The number of piperidine rings is 1. The van der Waals surface area contributed by atoms with Crippen LogP contribution >= 0.6 is 22.9 Å². The van der Waals surface area contributed by atoms with Crippen molar-refractivity contribution in [2.45, 2.75) is 30.5 Å². The molecule has 0 spiro atoms. The predicted molar refractivity (Wildman–Crippen MR) is 157 cm³/mol. The molecule has 9 nitrogen and oxygen atoms in total. The number of benzene rings is 2. The van der Waals surface area contributed by atoms with Gasteiger partial charge in [0.1, 0.15) is 4.21 Å². The summed E-state index contributed by atoms with van der Waals surface area (Å²) < 4.78 is 33.9. The Morgan fingerprint density at radius 2 is 1.85 bits per heavy atom. The van der Waals surface area contributed by atoms with E-state index in [1.165, 1.54) is 4.31 Å². The van der Waals surface area contributed by atoms with Gasteiger partial charge in [-0.15, -0.1) is 11.3 Å². The summed E-state index contributed by atoms with van der Waals surface area (Å²) in [6, 6.07) is 14.6. The largest absolute Gasteiger partial charge is 0.466 e. The molecule has 2 aromatic carbocycles. The minimum Gasteiger partial charge on any atom is -0.466 e. The molecule has 2 fully saturated rings. The van der Waals surface area contributed by atoms with E-state index in [9.17, 15) is 18.0 Å². The molecule has 1 amide bonds. The highest BCUT2D eigenvalue weighted by atomic mass is 35.5. The van der Waals surface area contributed by atoms with Crippen molar-refractivity contribution in [3.8, 4) is 0 Å². The van der Waals surface area contributed by atoms with E-state index in [4.69, 9.17) is 16.3 Å². The van der Waals surface area contributed by atoms with Crippen molar-refractivity contribution >= 4 is 66.9 Å². The second-order valence-corrected chi connectivity index (χ2v) is 13.6. The fourth-order valence-electron chi connectivity index (χ4n) is 4.86. The van der Waals surface area contributed by atoms with Gasteiger partial charge in [0.05, 0.1) is 31.1 Å². The van der Waals surface area contributed by atoms with Crippen LogP contribution in [0.4, 0.5) is 5.69 Å². The standard InChI is InChI=1S/C28H31ClN4O5S2/c1-2-38-28(35)21-9-11-31(12-10-21)19-30-24-7-3-20(4-8-24)17-32-13-14-33(18-26(32)34)40(36,37)27-15-22-5-6-23(29)16-25(22)39-27/h3-8,15-16,19,21H,2,9-14,17-18H2,1H3/b30-19+. The maximum Gasteiger partial charge on any atom is 0.309 e. The lowest BCUT2D eigenvalue weighted by atomic mass is 9.97. The number of hydrogen-bond donors (Lipinski definition) is 0. The van der Waals surface area contributed by atoms with Gasteiger partial charge < -0.3 is 14.5 Å². The number of esters is 1. The van der Waals surface area contributed by atoms with Gasteiger partial charge in [0.15, 0.2) is 0 Å². The maximum atomic E-state index is 13.2. The first-order valence-corrected chi connectivity index (χ1v) is 15.9. The molecule has 0 bridgehead atoms. The lowest BCUT2D eigenvalue weighted by molar-refractivity contribution is -0.149. The number of sulfonamides is 1. The summed E-state index contributed by atoms with van der Waals surface area (Å²) in [7, 11) is -3.78. The van der Waals surface area contributed by atoms with E-state index in [2.05, 4.69) is 9.89 Å². The van der Waals surface area contributed by atoms with Gasteiger partial charge in [-0.05, 0) is 61.0 Å². The van der Waals surface area contributed by atoms with Crippen LogP contribution in [-0.2, 0) is 30.9 Å². The molecule has 3 aromatic rings. The lowest BCUT2D eigenvalue weighted by Crippen LogP contribution is -2.51. The molecular formula is C28H31ClN4O5S2. The Hall–Kier alpha value is -2.99. The average molecular weight is 603 g/mol. The number of carbonyl (C=O) groups excluding carboxylic acids is 2. The number of nitrogens with zero attached hydrogens (tertiary/aromatic N) is 4. The Kier molecular flexibility index (Phi) is 8.74. The van der Waals surface area contributed by atoms with Gasteiger partial charge in [0.25, 0.3) is 10.0 Å². The fraction of sp³-hybridized carbons (Fsp3) is 0.393. The topological polar surface area (TPSA) is 99.6 Å². The number of thiophene rings is 1. The Bertz CT molecular complexity index is 1520. The van der Waals surface area contributed by atoms with Crippen LogP contribution in [0, 0.1) is 5.92 Å². The van der Waals surface area contributed by atoms with E-state index in [-0.39, 0.29) is 35.1 Å². The quantitative estimate of drug-likeness (QED) is 0.213. The second-order valence-electron chi connectivity index (χ2n) is 9.87. The summed E-state index contributed by atoms with van der Waals surface area (Å²) in [5.74, 6) is -0.380. The molecule has 5 rings (SSSR count). The van der Waals surface area contributed by atoms with Crippen molar-refractivity contribution in [1.82, 2.24) is 14.1 Å². The molecule has 0 radical (unpaired) electrons. The third-order valence-corrected chi connectivity index (χ3v) is 10.8. The zero-order valence-corrected chi connectivity index (χ0v) is 24.6. The van der Waals surface area contributed by atoms with Crippen LogP contribution in [0.5, 0.6) is 0 Å². The van der Waals surface area contributed by atoms with Crippen LogP contribution in [-0.4, -0.2) is 80.1 Å². The number of rotatable bonds is 8. The SMILES string of the molecule is CCOC(=O)C1CCN(/C=N/c2ccc(CN3CCN(S(=O)(=O)c4cc5ccc(Cl)cc5s4)CC3=O)cc2)CC1. The van der Waals surface area contributed by atoms with Crippen LogP contribution in [0.1, 0.15) is 25.3 Å². The molecular weight excluding hydrogens is 572 g/mol. The zero-order chi connectivity index (χ0) is 28.3. The third-order valence-electron chi connectivity index (χ3n) is 7.17. The molecule has 0 atom stereocenters. The number of aliphatic imine (C=N–C) groups is 1. The molecule has 3 heterocycles. The Morgan fingerprint density at radius 1 is 1.10 bits per heavy atom. The van der Waals surface area contributed by atoms with Gasteiger partial charge >= 0.3 is 5.97 Å². The molecule has 0 N–H and O–H groups in total. The van der Waals surface area contributed by atoms with Gasteiger partial charge in [-0.3, -0.25) is 9.59 Å². The van der Waals surface area contributed by atoms with E-state index in [0.29, 0.717) is 24.7 Å². The summed E-state index contributed by atoms with van der Waals surface area (Å²) >= 11 is 7.21. The zero-order valence-electron chi connectivity index (χ0n) is 22.2. The number of likely N-dealkylation sites (tertiary alicyclic amines) is 1. The highest BCUT2D eigenvalue weighted by Gasteiger charge is 2.34. The van der Waals surface area contributed by atoms with E-state index in [1.807, 2.05) is 37.5 Å². The number of fused-ring (bicyclic) bond motifs is 1. The van der Waals surface area contributed by atoms with Crippen molar-refractivity contribution in [2.24, 2.45) is 10.9 Å². The van der Waals surface area contributed by atoms with Crippen LogP contribution in [0.25, 0.3) is 10.1 Å². The van der Waals surface area contributed by atoms with Crippen molar-refractivity contribution in [1.29, 1.82) is 0 Å². The van der Waals surface area contributed by atoms with Crippen molar-refractivity contribution < 1.29 is 22.7 Å². The van der Waals surface area contributed by atoms with Gasteiger partial charge in [-0.25, -0.2) is 13.4 Å². The Morgan fingerprint density at radius 3 is 2.55 bits per heavy atom. The number of piperazine rings is 1. The highest BCUT2D eigenvalue weighted by molar-refractivity contribution is 7.91. The van der Waals surface area contributed by atoms with Gasteiger partial charge in [-0.1, -0.05) is 29.8 Å². The summed E-state index contributed by atoms with van der Waals surface area (Å²) in [5.41, 5.74) is 1.74. The van der Waals surface area contributed by atoms with Crippen LogP contribution in [0.2, 0.25) is 5.02 Å². The number of carbonyl (C=O) groups is 2. The molecule has 2 aliphatic rings. The van der Waals surface area contributed by atoms with Crippen molar-refractivity contribution in [3.63, 3.8) is 0 Å². The van der Waals surface area contributed by atoms with E-state index >= 15 is 0 Å². The summed E-state index contributed by atoms with van der Waals surface area (Å²) in [5, 5.41) is 1.36. The lowest BCUT2D eigenvalue weighted by Gasteiger charge is -2.33. The third kappa shape index (κ3) is 6.49. The van der Waals surface area contributed by atoms with Crippen molar-refractivity contribution in [3.05, 3.63) is 59.1 Å². The molecule has 1 aromatic heterocycles. The van der Waals surface area contributed by atoms with Gasteiger partial charge in [0, 0.05) is 42.4 Å². The first-order chi connectivity index (χ1) is 19.2. The number of hydrogen-bond acceptors (Lipinski definition) is 7. The molecule has 0 aliphatic carbocycles. The van der Waals surface area contributed by atoms with Crippen LogP contribution in [0.15, 0.2) is 57.7 Å². The van der Waals surface area contributed by atoms with E-state index in [1.54, 1.807) is 29.2 Å². The molecule has 2 aliphatic heterocycles. The smallest absolute Gasteiger partial charge is 0.309 e. The average Bonchev–Trinajstić information content (AvgIpc) is 3.38. The molecule has 0 unspecified atom stereocenters. The predicted octanol–water partition coefficient (Wildman–Crippen LogP) is 4.52. The van der Waals surface area contributed by atoms with E-state index in [0.717, 1.165) is 58.6 Å². The minimum atomic E-state index is -3.78. The first-order valence-electron chi connectivity index (χ1n) is 13.2. The number of halogens is 1. The fourth-order valence-corrected chi connectivity index (χ4v) is 8.07. The molecule has 12 heteroatoms. The Balaban J connectivity index is 1.13. The molecule has 2 saturated heterocycles. The first kappa shape index (κ1) is 28.5. The maximum absolute atomic E-state index is 13.2. The van der Waals surface area contributed by atoms with Crippen molar-refractivity contribution in [2.75, 3.05) is 39.3 Å². The van der Waals surface area contributed by atoms with Gasteiger partial charge in [-0.2, -0.15) is 4.31 Å². The highest BCUT2D eigenvalue weighted by Crippen LogP contribution is 2.33.